The molecule has 2 aliphatic rings. The molecule has 0 bridgehead atoms. The van der Waals surface area contributed by atoms with Gasteiger partial charge in [0.1, 0.15) is 6.61 Å². The van der Waals surface area contributed by atoms with Crippen molar-refractivity contribution < 1.29 is 27.5 Å². The van der Waals surface area contributed by atoms with Gasteiger partial charge in [-0.15, -0.1) is 0 Å². The summed E-state index contributed by atoms with van der Waals surface area (Å²) >= 11 is 3.23. The average Bonchev–Trinajstić information content (AvgIpc) is 3.54. The van der Waals surface area contributed by atoms with Crippen molar-refractivity contribution in [3.05, 3.63) is 52.5 Å². The highest BCUT2D eigenvalue weighted by molar-refractivity contribution is 9.10. The fourth-order valence-electron chi connectivity index (χ4n) is 2.75. The molecule has 11 heteroatoms. The lowest BCUT2D eigenvalue weighted by atomic mass is 10.2. The smallest absolute Gasteiger partial charge is 0.283 e. The molecule has 0 aromatic heterocycles. The molecule has 30 heavy (non-hydrogen) atoms. The predicted molar refractivity (Wildman–Crippen MR) is 109 cm³/mol. The van der Waals surface area contributed by atoms with Crippen LogP contribution in [0.1, 0.15) is 23.2 Å². The highest BCUT2D eigenvalue weighted by Gasteiger charge is 2.30. The highest BCUT2D eigenvalue weighted by atomic mass is 79.9. The first-order chi connectivity index (χ1) is 14.3. The van der Waals surface area contributed by atoms with Crippen molar-refractivity contribution in [1.82, 2.24) is 15.6 Å². The van der Waals surface area contributed by atoms with Crippen LogP contribution in [0.5, 0.6) is 11.5 Å². The number of carbonyl (C=O) groups excluding carboxylic acids is 2. The number of hydrazine groups is 1. The largest absolute Gasteiger partial charge is 0.485 e. The quantitative estimate of drug-likeness (QED) is 0.540. The molecular weight excluding hydrogens is 478 g/mol. The van der Waals surface area contributed by atoms with Crippen LogP contribution in [0.15, 0.2) is 51.8 Å². The zero-order valence-corrected chi connectivity index (χ0v) is 18.0. The number of carbonyl (C=O) groups is 2. The summed E-state index contributed by atoms with van der Waals surface area (Å²) in [5.74, 6) is -0.324. The Balaban J connectivity index is 1.40. The van der Waals surface area contributed by atoms with Crippen LogP contribution >= 0.6 is 15.9 Å². The van der Waals surface area contributed by atoms with E-state index >= 15 is 0 Å². The summed E-state index contributed by atoms with van der Waals surface area (Å²) in [7, 11) is -3.72. The van der Waals surface area contributed by atoms with Crippen molar-refractivity contribution in [2.75, 3.05) is 6.61 Å². The fraction of sp³-hybridized carbons (Fsp3) is 0.263. The molecule has 1 saturated carbocycles. The van der Waals surface area contributed by atoms with Crippen molar-refractivity contribution in [2.24, 2.45) is 0 Å². The first kappa shape index (κ1) is 20.6. The summed E-state index contributed by atoms with van der Waals surface area (Å²) in [4.78, 5) is 24.8. The van der Waals surface area contributed by atoms with E-state index in [2.05, 4.69) is 31.5 Å². The molecule has 0 spiro atoms. The van der Waals surface area contributed by atoms with Crippen LogP contribution in [0.25, 0.3) is 0 Å². The van der Waals surface area contributed by atoms with E-state index in [1.165, 1.54) is 18.2 Å². The SMILES string of the molecule is O=C(NNC(=O)C1COc2ccccc2O1)c1cc(S(=O)(=O)NC2CC2)ccc1Br. The van der Waals surface area contributed by atoms with Crippen molar-refractivity contribution >= 4 is 37.8 Å². The monoisotopic (exact) mass is 495 g/mol. The van der Waals surface area contributed by atoms with Gasteiger partial charge in [0.2, 0.25) is 16.1 Å². The Morgan fingerprint density at radius 1 is 1.03 bits per heavy atom. The minimum atomic E-state index is -3.72. The summed E-state index contributed by atoms with van der Waals surface area (Å²) in [5, 5.41) is 0. The Bertz CT molecular complexity index is 1100. The molecule has 158 valence electrons. The van der Waals surface area contributed by atoms with Gasteiger partial charge in [0, 0.05) is 10.5 Å². The van der Waals surface area contributed by atoms with E-state index in [4.69, 9.17) is 9.47 Å². The van der Waals surface area contributed by atoms with Gasteiger partial charge < -0.3 is 9.47 Å². The number of hydrogen-bond donors (Lipinski definition) is 3. The number of amides is 2. The number of benzene rings is 2. The van der Waals surface area contributed by atoms with Crippen molar-refractivity contribution in [3.8, 4) is 11.5 Å². The summed E-state index contributed by atoms with van der Waals surface area (Å²) in [6, 6.07) is 11.0. The summed E-state index contributed by atoms with van der Waals surface area (Å²) in [5.41, 5.74) is 4.61. The number of halogens is 1. The molecule has 3 N–H and O–H groups in total. The summed E-state index contributed by atoms with van der Waals surface area (Å²) < 4.78 is 38.8. The lowest BCUT2D eigenvalue weighted by molar-refractivity contribution is -0.131. The topological polar surface area (TPSA) is 123 Å². The molecular formula is C19H18BrN3O6S. The van der Waals surface area contributed by atoms with E-state index in [0.717, 1.165) is 12.8 Å². The van der Waals surface area contributed by atoms with Gasteiger partial charge in [-0.05, 0) is 59.1 Å². The molecule has 1 heterocycles. The van der Waals surface area contributed by atoms with E-state index in [1.54, 1.807) is 24.3 Å². The molecule has 1 aliphatic carbocycles. The van der Waals surface area contributed by atoms with Crippen LogP contribution < -0.4 is 25.0 Å². The first-order valence-corrected chi connectivity index (χ1v) is 11.4. The van der Waals surface area contributed by atoms with Crippen LogP contribution in [-0.4, -0.2) is 39.0 Å². The number of hydrogen-bond acceptors (Lipinski definition) is 6. The number of nitrogens with one attached hydrogen (secondary N) is 3. The maximum atomic E-state index is 12.5. The zero-order valence-electron chi connectivity index (χ0n) is 15.6. The third kappa shape index (κ3) is 4.58. The minimum absolute atomic E-state index is 0.0109. The van der Waals surface area contributed by atoms with E-state index in [9.17, 15) is 18.0 Å². The van der Waals surface area contributed by atoms with E-state index in [1.807, 2.05) is 0 Å². The number of sulfonamides is 1. The van der Waals surface area contributed by atoms with Crippen molar-refractivity contribution in [3.63, 3.8) is 0 Å². The second kappa shape index (κ2) is 8.25. The zero-order chi connectivity index (χ0) is 21.3. The van der Waals surface area contributed by atoms with Gasteiger partial charge in [0.15, 0.2) is 11.5 Å². The van der Waals surface area contributed by atoms with Gasteiger partial charge in [0.05, 0.1) is 10.5 Å². The number of fused-ring (bicyclic) bond motifs is 1. The maximum Gasteiger partial charge on any atom is 0.283 e. The van der Waals surface area contributed by atoms with Crippen LogP contribution in [0.4, 0.5) is 0 Å². The Labute approximate surface area is 181 Å². The molecule has 4 rings (SSSR count). The third-order valence-electron chi connectivity index (χ3n) is 4.49. The van der Waals surface area contributed by atoms with Gasteiger partial charge in [-0.3, -0.25) is 20.4 Å². The van der Waals surface area contributed by atoms with E-state index in [-0.39, 0.29) is 23.1 Å². The molecule has 2 amide bonds. The van der Waals surface area contributed by atoms with E-state index in [0.29, 0.717) is 16.0 Å². The lowest BCUT2D eigenvalue weighted by Crippen LogP contribution is -2.50. The van der Waals surface area contributed by atoms with Crippen LogP contribution in [0.3, 0.4) is 0 Å². The fourth-order valence-corrected chi connectivity index (χ4v) is 4.51. The summed E-state index contributed by atoms with van der Waals surface area (Å²) in [6.45, 7) is -0.0109. The van der Waals surface area contributed by atoms with Gasteiger partial charge in [-0.1, -0.05) is 12.1 Å². The third-order valence-corrected chi connectivity index (χ3v) is 6.70. The second-order valence-corrected chi connectivity index (χ2v) is 9.41. The van der Waals surface area contributed by atoms with Crippen molar-refractivity contribution in [2.45, 2.75) is 29.9 Å². The molecule has 1 aliphatic heterocycles. The summed E-state index contributed by atoms with van der Waals surface area (Å²) in [6.07, 6.45) is 0.650. The molecule has 2 aromatic rings. The normalized spacial score (nSPS) is 17.8. The van der Waals surface area contributed by atoms with Crippen LogP contribution in [-0.2, 0) is 14.8 Å². The van der Waals surface area contributed by atoms with Crippen LogP contribution in [0.2, 0.25) is 0 Å². The van der Waals surface area contributed by atoms with Gasteiger partial charge in [0.25, 0.3) is 11.8 Å². The maximum absolute atomic E-state index is 12.5. The highest BCUT2D eigenvalue weighted by Crippen LogP contribution is 2.31. The second-order valence-electron chi connectivity index (χ2n) is 6.84. The average molecular weight is 496 g/mol. The molecule has 9 nitrogen and oxygen atoms in total. The molecule has 0 saturated heterocycles. The number of para-hydroxylation sites is 2. The number of rotatable bonds is 5. The standard InChI is InChI=1S/C19H18BrN3O6S/c20-14-8-7-12(30(26,27)23-11-5-6-11)9-13(14)18(24)21-22-19(25)17-10-28-15-3-1-2-4-16(15)29-17/h1-4,7-9,11,17,23H,5-6,10H2,(H,21,24)(H,22,25). The Hall–Kier alpha value is -2.63. The minimum Gasteiger partial charge on any atom is -0.485 e. The predicted octanol–water partition coefficient (Wildman–Crippen LogP) is 1.49. The Morgan fingerprint density at radius 3 is 2.50 bits per heavy atom. The van der Waals surface area contributed by atoms with Gasteiger partial charge >= 0.3 is 0 Å². The van der Waals surface area contributed by atoms with Crippen molar-refractivity contribution in [1.29, 1.82) is 0 Å². The van der Waals surface area contributed by atoms with Gasteiger partial charge in [-0.25, -0.2) is 13.1 Å². The van der Waals surface area contributed by atoms with Crippen LogP contribution in [0, 0.1) is 0 Å². The Kier molecular flexibility index (Phi) is 5.67. The Morgan fingerprint density at radius 2 is 1.77 bits per heavy atom. The lowest BCUT2D eigenvalue weighted by Gasteiger charge is -2.25. The first-order valence-electron chi connectivity index (χ1n) is 9.14. The number of ether oxygens (including phenoxy) is 2. The van der Waals surface area contributed by atoms with Gasteiger partial charge in [-0.2, -0.15) is 0 Å². The van der Waals surface area contributed by atoms with E-state index < -0.39 is 27.9 Å². The molecule has 1 fully saturated rings. The molecule has 1 atom stereocenters. The molecule has 2 aromatic carbocycles. The molecule has 1 unspecified atom stereocenters. The molecule has 0 radical (unpaired) electrons.